The second-order valence-electron chi connectivity index (χ2n) is 3.27. The Labute approximate surface area is 84.6 Å². The molecule has 0 aromatic carbocycles. The highest BCUT2D eigenvalue weighted by molar-refractivity contribution is 5.90. The fraction of sp³-hybridized carbons (Fsp3) is 0.375. The second-order valence-corrected chi connectivity index (χ2v) is 3.27. The smallest absolute Gasteiger partial charge is 0.372 e. The Morgan fingerprint density at radius 2 is 2.13 bits per heavy atom. The van der Waals surface area contributed by atoms with Crippen LogP contribution in [0.5, 0.6) is 0 Å². The number of aromatic carboxylic acids is 1. The number of nitrogens with zero attached hydrogens (tertiary/aromatic N) is 3. The average molecular weight is 211 g/mol. The van der Waals surface area contributed by atoms with Gasteiger partial charge in [0.15, 0.2) is 0 Å². The van der Waals surface area contributed by atoms with Gasteiger partial charge < -0.3 is 15.1 Å². The van der Waals surface area contributed by atoms with E-state index in [1.807, 2.05) is 0 Å². The summed E-state index contributed by atoms with van der Waals surface area (Å²) in [5.41, 5.74) is 0. The van der Waals surface area contributed by atoms with Gasteiger partial charge in [-0.1, -0.05) is 0 Å². The lowest BCUT2D eigenvalue weighted by Gasteiger charge is -2.35. The van der Waals surface area contributed by atoms with Crippen molar-refractivity contribution in [3.8, 4) is 0 Å². The molecular formula is C8H9N3O4. The van der Waals surface area contributed by atoms with Gasteiger partial charge in [0.25, 0.3) is 0 Å². The molecule has 2 rings (SSSR count). The summed E-state index contributed by atoms with van der Waals surface area (Å²) in [5, 5.41) is 17.7. The van der Waals surface area contributed by atoms with Gasteiger partial charge in [-0.3, -0.25) is 0 Å². The number of aromatic nitrogens is 2. The molecule has 1 aliphatic rings. The number of amides is 1. The van der Waals surface area contributed by atoms with E-state index in [0.29, 0.717) is 0 Å². The normalized spacial score (nSPS) is 16.2. The topological polar surface area (TPSA) is 95.7 Å². The number of aliphatic hydroxyl groups is 1. The molecule has 0 bridgehead atoms. The van der Waals surface area contributed by atoms with Gasteiger partial charge in [-0.05, 0) is 0 Å². The molecule has 7 heteroatoms. The Bertz CT molecular complexity index is 408. The van der Waals surface area contributed by atoms with Gasteiger partial charge in [-0.25, -0.2) is 19.1 Å². The molecule has 0 atom stereocenters. The number of carbonyl (C=O) groups excluding carboxylic acids is 1. The van der Waals surface area contributed by atoms with Gasteiger partial charge >= 0.3 is 12.0 Å². The number of imidazole rings is 1. The molecule has 0 spiro atoms. The molecular weight excluding hydrogens is 202 g/mol. The van der Waals surface area contributed by atoms with Crippen LogP contribution >= 0.6 is 0 Å². The maximum atomic E-state index is 11.6. The predicted octanol–water partition coefficient (Wildman–Crippen LogP) is -0.774. The van der Waals surface area contributed by atoms with Gasteiger partial charge in [-0.15, -0.1) is 0 Å². The summed E-state index contributed by atoms with van der Waals surface area (Å²) in [4.78, 5) is 27.2. The van der Waals surface area contributed by atoms with Gasteiger partial charge in [0.2, 0.25) is 5.82 Å². The molecule has 2 N–H and O–H groups in total. The highest BCUT2D eigenvalue weighted by Crippen LogP contribution is 2.10. The first-order valence-corrected chi connectivity index (χ1v) is 4.33. The van der Waals surface area contributed by atoms with Gasteiger partial charge in [0.1, 0.15) is 0 Å². The summed E-state index contributed by atoms with van der Waals surface area (Å²) in [7, 11) is 0. The van der Waals surface area contributed by atoms with E-state index in [-0.39, 0.29) is 18.9 Å². The zero-order chi connectivity index (χ0) is 11.0. The number of likely N-dealkylation sites (tertiary alicyclic amines) is 1. The molecule has 0 saturated carbocycles. The minimum Gasteiger partial charge on any atom is -0.475 e. The van der Waals surface area contributed by atoms with E-state index in [1.54, 1.807) is 0 Å². The molecule has 1 aromatic rings. The molecule has 15 heavy (non-hydrogen) atoms. The second kappa shape index (κ2) is 3.35. The van der Waals surface area contributed by atoms with E-state index in [4.69, 9.17) is 10.2 Å². The minimum atomic E-state index is -1.26. The van der Waals surface area contributed by atoms with Crippen LogP contribution in [-0.4, -0.2) is 55.9 Å². The lowest BCUT2D eigenvalue weighted by atomic mass is 10.2. The maximum absolute atomic E-state index is 11.6. The molecule has 0 aliphatic carbocycles. The third kappa shape index (κ3) is 1.57. The molecule has 0 unspecified atom stereocenters. The number of hydrogen-bond donors (Lipinski definition) is 2. The Kier molecular flexibility index (Phi) is 2.16. The quantitative estimate of drug-likeness (QED) is 0.635. The van der Waals surface area contributed by atoms with Crippen molar-refractivity contribution >= 4 is 12.0 Å². The standard InChI is InChI=1S/C8H9N3O4/c12-5-3-10(4-5)8(15)11-2-1-9-6(11)7(13)14/h1-2,5,12H,3-4H2,(H,13,14). The molecule has 1 aliphatic heterocycles. The number of β-amino-alcohol motifs (C(OH)–C–C–N with tert-alkyl or cyclic N) is 1. The summed E-state index contributed by atoms with van der Waals surface area (Å²) >= 11 is 0. The van der Waals surface area contributed by atoms with Gasteiger partial charge in [0, 0.05) is 12.4 Å². The number of aliphatic hydroxyl groups excluding tert-OH is 1. The van der Waals surface area contributed by atoms with Crippen molar-refractivity contribution in [3.63, 3.8) is 0 Å². The summed E-state index contributed by atoms with van der Waals surface area (Å²) in [6.45, 7) is 0.464. The van der Waals surface area contributed by atoms with Crippen molar-refractivity contribution in [2.45, 2.75) is 6.10 Å². The molecule has 80 valence electrons. The Balaban J connectivity index is 2.19. The third-order valence-electron chi connectivity index (χ3n) is 2.17. The first kappa shape index (κ1) is 9.66. The number of rotatable bonds is 1. The Hall–Kier alpha value is -1.89. The van der Waals surface area contributed by atoms with Crippen molar-refractivity contribution in [3.05, 3.63) is 18.2 Å². The first-order chi connectivity index (χ1) is 7.09. The molecule has 2 heterocycles. The molecule has 1 saturated heterocycles. The van der Waals surface area contributed by atoms with Crippen molar-refractivity contribution < 1.29 is 19.8 Å². The summed E-state index contributed by atoms with van der Waals surface area (Å²) in [6.07, 6.45) is 2.03. The molecule has 1 aromatic heterocycles. The SMILES string of the molecule is O=C(O)c1nccn1C(=O)N1CC(O)C1. The van der Waals surface area contributed by atoms with Crippen LogP contribution in [0.25, 0.3) is 0 Å². The highest BCUT2D eigenvalue weighted by Gasteiger charge is 2.31. The Morgan fingerprint density at radius 3 is 2.67 bits per heavy atom. The molecule has 7 nitrogen and oxygen atoms in total. The monoisotopic (exact) mass is 211 g/mol. The molecule has 1 fully saturated rings. The van der Waals surface area contributed by atoms with Crippen LogP contribution < -0.4 is 0 Å². The van der Waals surface area contributed by atoms with E-state index < -0.39 is 18.1 Å². The fourth-order valence-electron chi connectivity index (χ4n) is 1.38. The molecule has 1 amide bonds. The van der Waals surface area contributed by atoms with E-state index >= 15 is 0 Å². The van der Waals surface area contributed by atoms with Crippen LogP contribution in [0.3, 0.4) is 0 Å². The third-order valence-corrected chi connectivity index (χ3v) is 2.17. The van der Waals surface area contributed by atoms with Crippen molar-refractivity contribution in [2.75, 3.05) is 13.1 Å². The summed E-state index contributed by atoms with van der Waals surface area (Å²) < 4.78 is 0.953. The zero-order valence-electron chi connectivity index (χ0n) is 7.70. The largest absolute Gasteiger partial charge is 0.475 e. The van der Waals surface area contributed by atoms with Crippen LogP contribution in [0.15, 0.2) is 12.4 Å². The van der Waals surface area contributed by atoms with E-state index in [1.165, 1.54) is 17.3 Å². The lowest BCUT2D eigenvalue weighted by molar-refractivity contribution is 0.0266. The van der Waals surface area contributed by atoms with Crippen molar-refractivity contribution in [1.29, 1.82) is 0 Å². The van der Waals surface area contributed by atoms with Crippen molar-refractivity contribution in [2.24, 2.45) is 0 Å². The fourth-order valence-corrected chi connectivity index (χ4v) is 1.38. The zero-order valence-corrected chi connectivity index (χ0v) is 7.70. The average Bonchev–Trinajstić information content (AvgIpc) is 2.60. The van der Waals surface area contributed by atoms with E-state index in [2.05, 4.69) is 4.98 Å². The summed E-state index contributed by atoms with van der Waals surface area (Å²) in [6, 6.07) is -0.477. The Morgan fingerprint density at radius 1 is 1.47 bits per heavy atom. The van der Waals surface area contributed by atoms with Crippen molar-refractivity contribution in [1.82, 2.24) is 14.5 Å². The molecule has 0 radical (unpaired) electrons. The highest BCUT2D eigenvalue weighted by atomic mass is 16.4. The lowest BCUT2D eigenvalue weighted by Crippen LogP contribution is -2.55. The van der Waals surface area contributed by atoms with Crippen LogP contribution in [0.2, 0.25) is 0 Å². The minimum absolute atomic E-state index is 0.232. The number of hydrogen-bond acceptors (Lipinski definition) is 4. The van der Waals surface area contributed by atoms with E-state index in [0.717, 1.165) is 4.57 Å². The first-order valence-electron chi connectivity index (χ1n) is 4.33. The van der Waals surface area contributed by atoms with E-state index in [9.17, 15) is 9.59 Å². The predicted molar refractivity (Wildman–Crippen MR) is 47.6 cm³/mol. The van der Waals surface area contributed by atoms with Gasteiger partial charge in [0.05, 0.1) is 19.2 Å². The number of carboxylic acid groups (broad SMARTS) is 1. The van der Waals surface area contributed by atoms with Crippen LogP contribution in [-0.2, 0) is 0 Å². The van der Waals surface area contributed by atoms with Crippen LogP contribution in [0.4, 0.5) is 4.79 Å². The summed E-state index contributed by atoms with van der Waals surface area (Å²) in [5.74, 6) is -1.57. The maximum Gasteiger partial charge on any atom is 0.372 e. The van der Waals surface area contributed by atoms with Crippen LogP contribution in [0.1, 0.15) is 10.6 Å². The van der Waals surface area contributed by atoms with Gasteiger partial charge in [-0.2, -0.15) is 0 Å². The van der Waals surface area contributed by atoms with Crippen LogP contribution in [0, 0.1) is 0 Å². The number of carboxylic acids is 1. The number of carbonyl (C=O) groups is 2.